The predicted octanol–water partition coefficient (Wildman–Crippen LogP) is 1.73. The quantitative estimate of drug-likeness (QED) is 0.764. The van der Waals surface area contributed by atoms with Crippen molar-refractivity contribution in [1.29, 1.82) is 0 Å². The standard InChI is InChI=1S/C18H22F3N3O3S/c19-18(20,21)14-3-1-13(2-4-14)15(23-5-7-27-8-6-23)9-22-16(25)10-24-12-28-11-17(24)26/h1-4,15H,5-12H2,(H,22,25). The maximum atomic E-state index is 12.8. The molecule has 1 atom stereocenters. The number of carbonyl (C=O) groups excluding carboxylic acids is 2. The summed E-state index contributed by atoms with van der Waals surface area (Å²) in [5, 5.41) is 2.82. The normalized spacial score (nSPS) is 19.7. The van der Waals surface area contributed by atoms with Crippen LogP contribution >= 0.6 is 11.8 Å². The van der Waals surface area contributed by atoms with Gasteiger partial charge >= 0.3 is 6.18 Å². The smallest absolute Gasteiger partial charge is 0.379 e. The molecule has 28 heavy (non-hydrogen) atoms. The highest BCUT2D eigenvalue weighted by molar-refractivity contribution is 8.00. The van der Waals surface area contributed by atoms with Gasteiger partial charge in [-0.2, -0.15) is 13.2 Å². The van der Waals surface area contributed by atoms with Crippen LogP contribution in [-0.4, -0.2) is 72.6 Å². The molecule has 10 heteroatoms. The van der Waals surface area contributed by atoms with Crippen molar-refractivity contribution in [3.05, 3.63) is 35.4 Å². The van der Waals surface area contributed by atoms with Gasteiger partial charge in [-0.1, -0.05) is 12.1 Å². The van der Waals surface area contributed by atoms with Gasteiger partial charge in [-0.25, -0.2) is 0 Å². The van der Waals surface area contributed by atoms with E-state index >= 15 is 0 Å². The molecule has 2 aliphatic heterocycles. The van der Waals surface area contributed by atoms with Crippen LogP contribution < -0.4 is 5.32 Å². The maximum Gasteiger partial charge on any atom is 0.416 e. The average molecular weight is 417 g/mol. The fourth-order valence-corrected chi connectivity index (χ4v) is 4.13. The van der Waals surface area contributed by atoms with Crippen LogP contribution in [0.5, 0.6) is 0 Å². The van der Waals surface area contributed by atoms with Gasteiger partial charge in [-0.15, -0.1) is 11.8 Å². The van der Waals surface area contributed by atoms with E-state index < -0.39 is 11.7 Å². The number of nitrogens with one attached hydrogen (secondary N) is 1. The summed E-state index contributed by atoms with van der Waals surface area (Å²) >= 11 is 1.46. The number of hydrogen-bond donors (Lipinski definition) is 1. The topological polar surface area (TPSA) is 61.9 Å². The third-order valence-corrected chi connectivity index (χ3v) is 5.71. The van der Waals surface area contributed by atoms with Crippen LogP contribution in [0.25, 0.3) is 0 Å². The molecule has 0 bridgehead atoms. The van der Waals surface area contributed by atoms with E-state index in [1.807, 2.05) is 0 Å². The molecule has 0 spiro atoms. The van der Waals surface area contributed by atoms with Crippen LogP contribution in [0.1, 0.15) is 17.2 Å². The lowest BCUT2D eigenvalue weighted by Crippen LogP contribution is -2.45. The highest BCUT2D eigenvalue weighted by Crippen LogP contribution is 2.31. The second kappa shape index (κ2) is 9.15. The fourth-order valence-electron chi connectivity index (χ4n) is 3.22. The molecular weight excluding hydrogens is 395 g/mol. The Balaban J connectivity index is 1.66. The summed E-state index contributed by atoms with van der Waals surface area (Å²) in [6.07, 6.45) is -4.39. The van der Waals surface area contributed by atoms with Crippen LogP contribution in [-0.2, 0) is 20.5 Å². The molecule has 3 rings (SSSR count). The number of ether oxygens (including phenoxy) is 1. The molecule has 1 aromatic rings. The minimum Gasteiger partial charge on any atom is -0.379 e. The van der Waals surface area contributed by atoms with E-state index in [4.69, 9.17) is 4.74 Å². The van der Waals surface area contributed by atoms with Gasteiger partial charge in [0.25, 0.3) is 0 Å². The van der Waals surface area contributed by atoms with Crippen LogP contribution in [0.4, 0.5) is 13.2 Å². The van der Waals surface area contributed by atoms with Crippen LogP contribution in [0.15, 0.2) is 24.3 Å². The van der Waals surface area contributed by atoms with E-state index in [1.165, 1.54) is 28.8 Å². The number of amides is 2. The lowest BCUT2D eigenvalue weighted by molar-refractivity contribution is -0.137. The Kier molecular flexibility index (Phi) is 6.84. The Morgan fingerprint density at radius 3 is 2.46 bits per heavy atom. The molecule has 1 unspecified atom stereocenters. The van der Waals surface area contributed by atoms with Crippen LogP contribution in [0.2, 0.25) is 0 Å². The molecule has 2 saturated heterocycles. The van der Waals surface area contributed by atoms with E-state index in [1.54, 1.807) is 0 Å². The molecule has 2 aliphatic rings. The maximum absolute atomic E-state index is 12.8. The predicted molar refractivity (Wildman–Crippen MR) is 98.6 cm³/mol. The Bertz CT molecular complexity index is 694. The molecule has 0 aliphatic carbocycles. The second-order valence-electron chi connectivity index (χ2n) is 6.66. The molecule has 6 nitrogen and oxygen atoms in total. The molecule has 0 aromatic heterocycles. The number of thioether (sulfide) groups is 1. The summed E-state index contributed by atoms with van der Waals surface area (Å²) in [5.41, 5.74) is -0.00550. The third-order valence-electron chi connectivity index (χ3n) is 4.76. The molecule has 0 saturated carbocycles. The number of alkyl halides is 3. The first kappa shape index (κ1) is 20.9. The lowest BCUT2D eigenvalue weighted by atomic mass is 10.0. The van der Waals surface area contributed by atoms with Gasteiger partial charge in [-0.3, -0.25) is 14.5 Å². The zero-order valence-electron chi connectivity index (χ0n) is 15.2. The van der Waals surface area contributed by atoms with Gasteiger partial charge in [0.2, 0.25) is 11.8 Å². The van der Waals surface area contributed by atoms with E-state index in [0.717, 1.165) is 12.1 Å². The summed E-state index contributed by atoms with van der Waals surface area (Å²) in [7, 11) is 0. The molecule has 1 aromatic carbocycles. The van der Waals surface area contributed by atoms with Crippen molar-refractivity contribution < 1.29 is 27.5 Å². The first-order chi connectivity index (χ1) is 13.3. The molecule has 2 amide bonds. The Morgan fingerprint density at radius 2 is 1.89 bits per heavy atom. The van der Waals surface area contributed by atoms with Crippen molar-refractivity contribution in [2.45, 2.75) is 12.2 Å². The first-order valence-corrected chi connectivity index (χ1v) is 10.1. The van der Waals surface area contributed by atoms with Crippen LogP contribution in [0, 0.1) is 0 Å². The number of hydrogen-bond acceptors (Lipinski definition) is 5. The minimum absolute atomic E-state index is 0.00528. The van der Waals surface area contributed by atoms with E-state index in [-0.39, 0.29) is 30.9 Å². The summed E-state index contributed by atoms with van der Waals surface area (Å²) in [4.78, 5) is 27.5. The summed E-state index contributed by atoms with van der Waals surface area (Å²) in [6.45, 7) is 2.56. The van der Waals surface area contributed by atoms with Crippen molar-refractivity contribution in [2.24, 2.45) is 0 Å². The number of benzene rings is 1. The molecule has 2 heterocycles. The third kappa shape index (κ3) is 5.39. The number of rotatable bonds is 6. The highest BCUT2D eigenvalue weighted by atomic mass is 32.2. The largest absolute Gasteiger partial charge is 0.416 e. The van der Waals surface area contributed by atoms with Gasteiger partial charge in [0.1, 0.15) is 6.54 Å². The van der Waals surface area contributed by atoms with E-state index in [9.17, 15) is 22.8 Å². The van der Waals surface area contributed by atoms with Gasteiger partial charge in [-0.05, 0) is 17.7 Å². The van der Waals surface area contributed by atoms with Gasteiger partial charge in [0.15, 0.2) is 0 Å². The first-order valence-electron chi connectivity index (χ1n) is 8.96. The Hall–Kier alpha value is -1.78. The van der Waals surface area contributed by atoms with Crippen LogP contribution in [0.3, 0.4) is 0 Å². The SMILES string of the molecule is O=C(CN1CSCC1=O)NCC(c1ccc(C(F)(F)F)cc1)N1CCOCC1. The zero-order valence-corrected chi connectivity index (χ0v) is 16.0. The van der Waals surface area contributed by atoms with Crippen molar-refractivity contribution in [2.75, 3.05) is 51.0 Å². The van der Waals surface area contributed by atoms with E-state index in [2.05, 4.69) is 10.2 Å². The number of halogens is 3. The minimum atomic E-state index is -4.39. The molecule has 2 fully saturated rings. The number of morpholine rings is 1. The van der Waals surface area contributed by atoms with Crippen molar-refractivity contribution >= 4 is 23.6 Å². The summed E-state index contributed by atoms with van der Waals surface area (Å²) in [5.74, 6) is 0.543. The number of carbonyl (C=O) groups is 2. The average Bonchev–Trinajstić information content (AvgIpc) is 3.07. The molecule has 0 radical (unpaired) electrons. The zero-order chi connectivity index (χ0) is 20.1. The number of nitrogens with zero attached hydrogens (tertiary/aromatic N) is 2. The Labute approximate surface area is 165 Å². The summed E-state index contributed by atoms with van der Waals surface area (Å²) < 4.78 is 43.9. The van der Waals surface area contributed by atoms with Crippen molar-refractivity contribution in [1.82, 2.24) is 15.1 Å². The second-order valence-corrected chi connectivity index (χ2v) is 7.61. The van der Waals surface area contributed by atoms with E-state index in [0.29, 0.717) is 43.5 Å². The molecular formula is C18H22F3N3O3S. The monoisotopic (exact) mass is 417 g/mol. The van der Waals surface area contributed by atoms with Crippen molar-refractivity contribution in [3.63, 3.8) is 0 Å². The molecule has 1 N–H and O–H groups in total. The van der Waals surface area contributed by atoms with Gasteiger partial charge in [0.05, 0.1) is 36.4 Å². The lowest BCUT2D eigenvalue weighted by Gasteiger charge is -2.35. The van der Waals surface area contributed by atoms with Crippen molar-refractivity contribution in [3.8, 4) is 0 Å². The summed E-state index contributed by atoms with van der Waals surface area (Å²) in [6, 6.07) is 4.76. The Morgan fingerprint density at radius 1 is 1.21 bits per heavy atom. The van der Waals surface area contributed by atoms with Gasteiger partial charge in [0, 0.05) is 19.6 Å². The molecule has 154 valence electrons. The highest BCUT2D eigenvalue weighted by Gasteiger charge is 2.31. The van der Waals surface area contributed by atoms with Gasteiger partial charge < -0.3 is 15.0 Å². The fraction of sp³-hybridized carbons (Fsp3) is 0.556.